The van der Waals surface area contributed by atoms with Crippen LogP contribution in [0.3, 0.4) is 0 Å². The van der Waals surface area contributed by atoms with E-state index in [4.69, 9.17) is 4.74 Å². The van der Waals surface area contributed by atoms with Crippen molar-refractivity contribution in [1.29, 1.82) is 0 Å². The molecule has 15 heavy (non-hydrogen) atoms. The molecule has 3 rings (SSSR count). The second kappa shape index (κ2) is 3.57. The van der Waals surface area contributed by atoms with Crippen LogP contribution < -0.4 is 5.32 Å². The molecule has 0 aliphatic carbocycles. The van der Waals surface area contributed by atoms with Gasteiger partial charge in [0, 0.05) is 26.6 Å². The predicted octanol–water partition coefficient (Wildman–Crippen LogP) is 0.274. The first kappa shape index (κ1) is 9.30. The molecule has 2 unspecified atom stereocenters. The van der Waals surface area contributed by atoms with Crippen molar-refractivity contribution in [2.24, 2.45) is 0 Å². The number of fused-ring (bicyclic) bond motifs is 1. The molecular weight excluding hydrogens is 192 g/mol. The smallest absolute Gasteiger partial charge is 0.150 e. The fraction of sp³-hybridized carbons (Fsp3) is 0.800. The highest BCUT2D eigenvalue weighted by Gasteiger charge is 2.30. The maximum atomic E-state index is 5.34. The third kappa shape index (κ3) is 1.46. The van der Waals surface area contributed by atoms with Crippen molar-refractivity contribution in [3.63, 3.8) is 0 Å². The minimum absolute atomic E-state index is 0.323. The molecule has 1 saturated heterocycles. The average Bonchev–Trinajstić information content (AvgIpc) is 2.92. The van der Waals surface area contributed by atoms with Crippen LogP contribution in [0.1, 0.15) is 30.5 Å². The Labute approximate surface area is 88.8 Å². The van der Waals surface area contributed by atoms with Gasteiger partial charge in [-0.3, -0.25) is 0 Å². The predicted molar refractivity (Wildman–Crippen MR) is 54.5 cm³/mol. The lowest BCUT2D eigenvalue weighted by molar-refractivity contribution is 0.117. The number of hydrogen-bond donors (Lipinski definition) is 1. The van der Waals surface area contributed by atoms with Gasteiger partial charge >= 0.3 is 0 Å². The summed E-state index contributed by atoms with van der Waals surface area (Å²) in [6.45, 7) is 2.00. The van der Waals surface area contributed by atoms with E-state index in [-0.39, 0.29) is 0 Å². The van der Waals surface area contributed by atoms with Crippen LogP contribution in [0.5, 0.6) is 0 Å². The second-order valence-electron chi connectivity index (χ2n) is 4.28. The van der Waals surface area contributed by atoms with Crippen LogP contribution in [-0.2, 0) is 17.7 Å². The summed E-state index contributed by atoms with van der Waals surface area (Å²) in [5, 5.41) is 11.9. The van der Waals surface area contributed by atoms with E-state index < -0.39 is 0 Å². The van der Waals surface area contributed by atoms with Crippen LogP contribution in [0.4, 0.5) is 0 Å². The quantitative estimate of drug-likeness (QED) is 0.758. The van der Waals surface area contributed by atoms with Crippen molar-refractivity contribution in [1.82, 2.24) is 20.1 Å². The molecule has 0 aromatic carbocycles. The van der Waals surface area contributed by atoms with Gasteiger partial charge in [-0.2, -0.15) is 0 Å². The van der Waals surface area contributed by atoms with Crippen molar-refractivity contribution >= 4 is 0 Å². The van der Waals surface area contributed by atoms with Crippen LogP contribution in [0.2, 0.25) is 0 Å². The van der Waals surface area contributed by atoms with E-state index in [1.54, 1.807) is 7.11 Å². The van der Waals surface area contributed by atoms with Crippen LogP contribution in [0, 0.1) is 0 Å². The number of nitrogens with one attached hydrogen (secondary N) is 1. The van der Waals surface area contributed by atoms with Gasteiger partial charge in [-0.05, 0) is 12.8 Å². The molecule has 0 saturated carbocycles. The van der Waals surface area contributed by atoms with Gasteiger partial charge in [0.15, 0.2) is 0 Å². The lowest BCUT2D eigenvalue weighted by Crippen LogP contribution is -2.18. The van der Waals surface area contributed by atoms with Crippen LogP contribution in [0.25, 0.3) is 0 Å². The zero-order valence-corrected chi connectivity index (χ0v) is 8.94. The Morgan fingerprint density at radius 1 is 1.47 bits per heavy atom. The third-order valence-electron chi connectivity index (χ3n) is 3.37. The first-order valence-electron chi connectivity index (χ1n) is 5.56. The SMILES string of the molecule is COC1CNC(c2nnc3n2CCC3)C1. The summed E-state index contributed by atoms with van der Waals surface area (Å²) in [5.74, 6) is 2.25. The molecule has 1 fully saturated rings. The highest BCUT2D eigenvalue weighted by molar-refractivity contribution is 5.07. The van der Waals surface area contributed by atoms with Gasteiger partial charge in [0.2, 0.25) is 0 Å². The van der Waals surface area contributed by atoms with Crippen molar-refractivity contribution in [3.8, 4) is 0 Å². The molecule has 0 spiro atoms. The number of ether oxygens (including phenoxy) is 1. The summed E-state index contributed by atoms with van der Waals surface area (Å²) in [6.07, 6.45) is 3.62. The number of nitrogens with zero attached hydrogens (tertiary/aromatic N) is 3. The average molecular weight is 208 g/mol. The summed E-state index contributed by atoms with van der Waals surface area (Å²) < 4.78 is 7.60. The summed E-state index contributed by atoms with van der Waals surface area (Å²) in [6, 6.07) is 0.328. The molecule has 0 amide bonds. The number of methoxy groups -OCH3 is 1. The van der Waals surface area contributed by atoms with Gasteiger partial charge in [0.25, 0.3) is 0 Å². The van der Waals surface area contributed by atoms with E-state index in [9.17, 15) is 0 Å². The maximum Gasteiger partial charge on any atom is 0.150 e. The lowest BCUT2D eigenvalue weighted by Gasteiger charge is -2.10. The van der Waals surface area contributed by atoms with Crippen LogP contribution >= 0.6 is 0 Å². The van der Waals surface area contributed by atoms with Crippen LogP contribution in [0.15, 0.2) is 0 Å². The van der Waals surface area contributed by atoms with Crippen molar-refractivity contribution in [2.75, 3.05) is 13.7 Å². The fourth-order valence-corrected chi connectivity index (χ4v) is 2.51. The van der Waals surface area contributed by atoms with Gasteiger partial charge in [-0.15, -0.1) is 10.2 Å². The molecular formula is C10H16N4O. The molecule has 1 aromatic rings. The summed E-state index contributed by atoms with van der Waals surface area (Å²) in [4.78, 5) is 0. The Hall–Kier alpha value is -0.940. The molecule has 82 valence electrons. The topological polar surface area (TPSA) is 52.0 Å². The highest BCUT2D eigenvalue weighted by Crippen LogP contribution is 2.26. The number of hydrogen-bond acceptors (Lipinski definition) is 4. The molecule has 1 N–H and O–H groups in total. The first-order valence-corrected chi connectivity index (χ1v) is 5.56. The number of rotatable bonds is 2. The van der Waals surface area contributed by atoms with Gasteiger partial charge < -0.3 is 14.6 Å². The molecule has 0 radical (unpaired) electrons. The Bertz CT molecular complexity index is 362. The van der Waals surface area contributed by atoms with E-state index in [0.29, 0.717) is 12.1 Å². The molecule has 1 aromatic heterocycles. The number of aromatic nitrogens is 3. The molecule has 2 atom stereocenters. The molecule has 3 heterocycles. The third-order valence-corrected chi connectivity index (χ3v) is 3.37. The Morgan fingerprint density at radius 3 is 3.20 bits per heavy atom. The molecule has 5 heteroatoms. The normalized spacial score (nSPS) is 29.7. The molecule has 2 aliphatic rings. The Balaban J connectivity index is 1.82. The summed E-state index contributed by atoms with van der Waals surface area (Å²) in [5.41, 5.74) is 0. The molecule has 5 nitrogen and oxygen atoms in total. The van der Waals surface area contributed by atoms with E-state index in [1.165, 1.54) is 6.42 Å². The minimum Gasteiger partial charge on any atom is -0.380 e. The zero-order valence-electron chi connectivity index (χ0n) is 8.94. The minimum atomic E-state index is 0.323. The maximum absolute atomic E-state index is 5.34. The van der Waals surface area contributed by atoms with Gasteiger partial charge in [0.05, 0.1) is 12.1 Å². The largest absolute Gasteiger partial charge is 0.380 e. The summed E-state index contributed by atoms with van der Waals surface area (Å²) in [7, 11) is 1.77. The number of aryl methyl sites for hydroxylation is 1. The van der Waals surface area contributed by atoms with Crippen molar-refractivity contribution in [3.05, 3.63) is 11.6 Å². The lowest BCUT2D eigenvalue weighted by atomic mass is 10.2. The second-order valence-corrected chi connectivity index (χ2v) is 4.28. The molecule has 2 aliphatic heterocycles. The summed E-state index contributed by atoms with van der Waals surface area (Å²) >= 11 is 0. The standard InChI is InChI=1S/C10H16N4O/c1-15-7-5-8(11-6-7)10-13-12-9-3-2-4-14(9)10/h7-8,11H,2-6H2,1H3. The Morgan fingerprint density at radius 2 is 2.40 bits per heavy atom. The van der Waals surface area contributed by atoms with Gasteiger partial charge in [-0.1, -0.05) is 0 Å². The zero-order chi connectivity index (χ0) is 10.3. The van der Waals surface area contributed by atoms with E-state index in [1.807, 2.05) is 0 Å². The van der Waals surface area contributed by atoms with E-state index >= 15 is 0 Å². The highest BCUT2D eigenvalue weighted by atomic mass is 16.5. The van der Waals surface area contributed by atoms with Crippen molar-refractivity contribution < 1.29 is 4.74 Å². The molecule has 0 bridgehead atoms. The Kier molecular flexibility index (Phi) is 2.21. The monoisotopic (exact) mass is 208 g/mol. The van der Waals surface area contributed by atoms with Gasteiger partial charge in [-0.25, -0.2) is 0 Å². The first-order chi connectivity index (χ1) is 7.38. The van der Waals surface area contributed by atoms with Gasteiger partial charge in [0.1, 0.15) is 11.6 Å². The van der Waals surface area contributed by atoms with E-state index in [0.717, 1.165) is 37.6 Å². The van der Waals surface area contributed by atoms with Crippen molar-refractivity contribution in [2.45, 2.75) is 38.0 Å². The fourth-order valence-electron chi connectivity index (χ4n) is 2.51. The van der Waals surface area contributed by atoms with Crippen LogP contribution in [-0.4, -0.2) is 34.5 Å². The van der Waals surface area contributed by atoms with E-state index in [2.05, 4.69) is 20.1 Å².